The van der Waals surface area contributed by atoms with Crippen LogP contribution < -0.4 is 5.32 Å². The molecule has 1 heteroatoms. The van der Waals surface area contributed by atoms with Gasteiger partial charge in [-0.1, -0.05) is 74.6 Å². The van der Waals surface area contributed by atoms with Crippen molar-refractivity contribution in [1.29, 1.82) is 0 Å². The summed E-state index contributed by atoms with van der Waals surface area (Å²) in [7, 11) is 2.13. The summed E-state index contributed by atoms with van der Waals surface area (Å²) in [4.78, 5) is 0. The van der Waals surface area contributed by atoms with E-state index in [2.05, 4.69) is 54.8 Å². The molecule has 1 N–H and O–H groups in total. The van der Waals surface area contributed by atoms with Crippen molar-refractivity contribution in [1.82, 2.24) is 5.32 Å². The van der Waals surface area contributed by atoms with Gasteiger partial charge in [0.05, 0.1) is 0 Å². The molecule has 1 fully saturated rings. The van der Waals surface area contributed by atoms with E-state index < -0.39 is 0 Å². The summed E-state index contributed by atoms with van der Waals surface area (Å²) in [5.74, 6) is 0.779. The standard InChI is InChI=1S/C20H27N/c1-21-20(17-11-5-3-2-4-6-12-17)19-15-9-13-16-10-7-8-14-18(16)19/h7-10,13-15,17,20-21H,2-6,11-12H2,1H3. The second kappa shape index (κ2) is 7.09. The molecule has 1 atom stereocenters. The third-order valence-electron chi connectivity index (χ3n) is 5.09. The van der Waals surface area contributed by atoms with Crippen LogP contribution in [0.3, 0.4) is 0 Å². The van der Waals surface area contributed by atoms with Crippen molar-refractivity contribution in [3.63, 3.8) is 0 Å². The molecule has 0 aromatic heterocycles. The monoisotopic (exact) mass is 281 g/mol. The lowest BCUT2D eigenvalue weighted by atomic mass is 9.81. The van der Waals surface area contributed by atoms with E-state index in [0.29, 0.717) is 6.04 Å². The average Bonchev–Trinajstić information content (AvgIpc) is 2.50. The Morgan fingerprint density at radius 1 is 0.857 bits per heavy atom. The Kier molecular flexibility index (Phi) is 4.92. The van der Waals surface area contributed by atoms with Gasteiger partial charge in [-0.15, -0.1) is 0 Å². The Labute approximate surface area is 128 Å². The van der Waals surface area contributed by atoms with Crippen LogP contribution in [-0.4, -0.2) is 7.05 Å². The Bertz CT molecular complexity index is 562. The van der Waals surface area contributed by atoms with Crippen LogP contribution in [0.2, 0.25) is 0 Å². The highest BCUT2D eigenvalue weighted by Crippen LogP contribution is 2.35. The Morgan fingerprint density at radius 2 is 1.52 bits per heavy atom. The minimum absolute atomic E-state index is 0.495. The molecule has 2 aromatic rings. The van der Waals surface area contributed by atoms with Gasteiger partial charge in [-0.2, -0.15) is 0 Å². The van der Waals surface area contributed by atoms with E-state index in [1.54, 1.807) is 0 Å². The molecule has 0 bridgehead atoms. The highest BCUT2D eigenvalue weighted by Gasteiger charge is 2.23. The number of nitrogens with one attached hydrogen (secondary N) is 1. The second-order valence-electron chi connectivity index (χ2n) is 6.44. The van der Waals surface area contributed by atoms with Crippen molar-refractivity contribution in [2.45, 2.75) is 51.0 Å². The molecule has 0 aliphatic heterocycles. The summed E-state index contributed by atoms with van der Waals surface area (Å²) in [6.45, 7) is 0. The Morgan fingerprint density at radius 3 is 2.29 bits per heavy atom. The predicted octanol–water partition coefficient (Wildman–Crippen LogP) is 5.46. The van der Waals surface area contributed by atoms with Gasteiger partial charge in [-0.05, 0) is 42.1 Å². The molecule has 0 heterocycles. The molecular formula is C20H27N. The van der Waals surface area contributed by atoms with Gasteiger partial charge in [0.15, 0.2) is 0 Å². The smallest absolute Gasteiger partial charge is 0.0352 e. The molecule has 1 saturated carbocycles. The number of hydrogen-bond donors (Lipinski definition) is 1. The van der Waals surface area contributed by atoms with Crippen molar-refractivity contribution in [2.75, 3.05) is 7.05 Å². The van der Waals surface area contributed by atoms with Gasteiger partial charge in [0.1, 0.15) is 0 Å². The van der Waals surface area contributed by atoms with E-state index in [0.717, 1.165) is 5.92 Å². The lowest BCUT2D eigenvalue weighted by Gasteiger charge is -2.30. The largest absolute Gasteiger partial charge is 0.313 e. The average molecular weight is 281 g/mol. The molecule has 0 saturated heterocycles. The van der Waals surface area contributed by atoms with Crippen LogP contribution in [0.4, 0.5) is 0 Å². The number of fused-ring (bicyclic) bond motifs is 1. The van der Waals surface area contributed by atoms with Crippen LogP contribution in [0, 0.1) is 5.92 Å². The molecule has 1 unspecified atom stereocenters. The summed E-state index contributed by atoms with van der Waals surface area (Å²) in [5, 5.41) is 6.41. The van der Waals surface area contributed by atoms with Gasteiger partial charge < -0.3 is 5.32 Å². The number of benzene rings is 2. The zero-order chi connectivity index (χ0) is 14.5. The second-order valence-corrected chi connectivity index (χ2v) is 6.44. The first-order valence-electron chi connectivity index (χ1n) is 8.55. The molecule has 0 radical (unpaired) electrons. The minimum atomic E-state index is 0.495. The summed E-state index contributed by atoms with van der Waals surface area (Å²) >= 11 is 0. The fraction of sp³-hybridized carbons (Fsp3) is 0.500. The van der Waals surface area contributed by atoms with Crippen LogP contribution in [-0.2, 0) is 0 Å². The third kappa shape index (κ3) is 3.29. The van der Waals surface area contributed by atoms with Gasteiger partial charge in [0.25, 0.3) is 0 Å². The third-order valence-corrected chi connectivity index (χ3v) is 5.09. The van der Waals surface area contributed by atoms with E-state index in [9.17, 15) is 0 Å². The van der Waals surface area contributed by atoms with E-state index in [1.807, 2.05) is 0 Å². The first-order valence-corrected chi connectivity index (χ1v) is 8.55. The summed E-state index contributed by atoms with van der Waals surface area (Å²) in [6, 6.07) is 16.1. The van der Waals surface area contributed by atoms with E-state index in [-0.39, 0.29) is 0 Å². The maximum absolute atomic E-state index is 3.63. The Hall–Kier alpha value is -1.34. The maximum Gasteiger partial charge on any atom is 0.0352 e. The molecule has 0 amide bonds. The maximum atomic E-state index is 3.63. The van der Waals surface area contributed by atoms with Gasteiger partial charge in [-0.25, -0.2) is 0 Å². The van der Waals surface area contributed by atoms with Crippen LogP contribution in [0.1, 0.15) is 56.6 Å². The number of rotatable bonds is 3. The lowest BCUT2D eigenvalue weighted by Crippen LogP contribution is -2.26. The van der Waals surface area contributed by atoms with Gasteiger partial charge >= 0.3 is 0 Å². The summed E-state index contributed by atoms with van der Waals surface area (Å²) in [6.07, 6.45) is 9.81. The zero-order valence-electron chi connectivity index (χ0n) is 13.1. The van der Waals surface area contributed by atoms with Crippen molar-refractivity contribution in [3.8, 4) is 0 Å². The lowest BCUT2D eigenvalue weighted by molar-refractivity contribution is 0.300. The van der Waals surface area contributed by atoms with Gasteiger partial charge in [0.2, 0.25) is 0 Å². The van der Waals surface area contributed by atoms with E-state index in [1.165, 1.54) is 61.3 Å². The topological polar surface area (TPSA) is 12.0 Å². The molecule has 1 aliphatic rings. The van der Waals surface area contributed by atoms with Crippen LogP contribution in [0.15, 0.2) is 42.5 Å². The fourth-order valence-electron chi connectivity index (χ4n) is 3.99. The summed E-state index contributed by atoms with van der Waals surface area (Å²) in [5.41, 5.74) is 1.49. The first kappa shape index (κ1) is 14.6. The molecule has 3 rings (SSSR count). The van der Waals surface area contributed by atoms with Crippen LogP contribution in [0.5, 0.6) is 0 Å². The molecule has 1 aliphatic carbocycles. The van der Waals surface area contributed by atoms with Crippen LogP contribution in [0.25, 0.3) is 10.8 Å². The van der Waals surface area contributed by atoms with E-state index >= 15 is 0 Å². The molecular weight excluding hydrogens is 254 g/mol. The van der Waals surface area contributed by atoms with Crippen molar-refractivity contribution < 1.29 is 0 Å². The van der Waals surface area contributed by atoms with Gasteiger partial charge in [0, 0.05) is 6.04 Å². The van der Waals surface area contributed by atoms with Crippen molar-refractivity contribution >= 4 is 10.8 Å². The predicted molar refractivity (Wildman–Crippen MR) is 91.6 cm³/mol. The van der Waals surface area contributed by atoms with Crippen molar-refractivity contribution in [3.05, 3.63) is 48.0 Å². The quantitative estimate of drug-likeness (QED) is 0.787. The number of hydrogen-bond acceptors (Lipinski definition) is 1. The summed E-state index contributed by atoms with van der Waals surface area (Å²) < 4.78 is 0. The highest BCUT2D eigenvalue weighted by atomic mass is 14.9. The molecule has 2 aromatic carbocycles. The first-order chi connectivity index (χ1) is 10.4. The fourth-order valence-corrected chi connectivity index (χ4v) is 3.99. The van der Waals surface area contributed by atoms with E-state index in [4.69, 9.17) is 0 Å². The Balaban J connectivity index is 1.93. The molecule has 21 heavy (non-hydrogen) atoms. The van der Waals surface area contributed by atoms with Gasteiger partial charge in [-0.3, -0.25) is 0 Å². The highest BCUT2D eigenvalue weighted by molar-refractivity contribution is 5.86. The molecule has 0 spiro atoms. The SMILES string of the molecule is CNC(c1cccc2ccccc12)C1CCCCCCC1. The molecule has 1 nitrogen and oxygen atoms in total. The van der Waals surface area contributed by atoms with Crippen LogP contribution >= 0.6 is 0 Å². The normalized spacial score (nSPS) is 19.1. The zero-order valence-corrected chi connectivity index (χ0v) is 13.1. The minimum Gasteiger partial charge on any atom is -0.313 e. The molecule has 112 valence electrons. The van der Waals surface area contributed by atoms with Crippen molar-refractivity contribution in [2.24, 2.45) is 5.92 Å².